The zero-order valence-electron chi connectivity index (χ0n) is 4.88. The number of hydrogen-bond donors (Lipinski definition) is 0. The van der Waals surface area contributed by atoms with Gasteiger partial charge in [-0.1, -0.05) is 49.6 Å². The van der Waals surface area contributed by atoms with Crippen LogP contribution in [0.3, 0.4) is 0 Å². The van der Waals surface area contributed by atoms with Crippen molar-refractivity contribution in [3.05, 3.63) is 49.6 Å². The summed E-state index contributed by atoms with van der Waals surface area (Å²) in [5.74, 6) is 0. The molecule has 8 heavy (non-hydrogen) atoms. The maximum absolute atomic E-state index is 3.51. The van der Waals surface area contributed by atoms with E-state index in [9.17, 15) is 0 Å². The summed E-state index contributed by atoms with van der Waals surface area (Å²) in [5, 5.41) is 0. The molecule has 0 rings (SSSR count). The Kier molecular flexibility index (Phi) is 5.19. The molecular weight excluding hydrogens is 96.1 g/mol. The van der Waals surface area contributed by atoms with Gasteiger partial charge in [0.25, 0.3) is 0 Å². The number of hydrogen-bond acceptors (Lipinski definition) is 0. The summed E-state index contributed by atoms with van der Waals surface area (Å²) in [5.41, 5.74) is 0. The van der Waals surface area contributed by atoms with Crippen LogP contribution in [0.15, 0.2) is 49.6 Å². The normalized spacial score (nSPS) is 10.5. The molecule has 0 radical (unpaired) electrons. The maximum Gasteiger partial charge on any atom is -0.0623 e. The van der Waals surface area contributed by atoms with Crippen LogP contribution in [0.25, 0.3) is 0 Å². The lowest BCUT2D eigenvalue weighted by atomic mass is 10.4. The third-order valence-corrected chi connectivity index (χ3v) is 0.605. The van der Waals surface area contributed by atoms with Crippen molar-refractivity contribution < 1.29 is 0 Å². The predicted molar refractivity (Wildman–Crippen MR) is 38.7 cm³/mol. The molecule has 0 N–H and O–H groups in total. The first-order chi connectivity index (χ1) is 3.91. The van der Waals surface area contributed by atoms with Gasteiger partial charge >= 0.3 is 0 Å². The Bertz CT molecular complexity index is 100. The second-order valence-electron chi connectivity index (χ2n) is 1.24. The van der Waals surface area contributed by atoms with Gasteiger partial charge in [0.2, 0.25) is 0 Å². The van der Waals surface area contributed by atoms with Gasteiger partial charge in [-0.15, -0.1) is 0 Å². The van der Waals surface area contributed by atoms with Crippen LogP contribution in [-0.4, -0.2) is 0 Å². The predicted octanol–water partition coefficient (Wildman–Crippen LogP) is 2.47. The van der Waals surface area contributed by atoms with Gasteiger partial charge in [-0.2, -0.15) is 0 Å². The Morgan fingerprint density at radius 2 is 1.00 bits per heavy atom. The second-order valence-corrected chi connectivity index (χ2v) is 1.24. The lowest BCUT2D eigenvalue weighted by molar-refractivity contribution is 1.91. The van der Waals surface area contributed by atoms with E-state index in [0.717, 1.165) is 0 Å². The highest BCUT2D eigenvalue weighted by atomic mass is 13.6. The van der Waals surface area contributed by atoms with E-state index in [1.165, 1.54) is 0 Å². The van der Waals surface area contributed by atoms with E-state index < -0.39 is 0 Å². The molecular formula is C8H10. The fourth-order valence-electron chi connectivity index (χ4n) is 0.285. The third kappa shape index (κ3) is 4.96. The van der Waals surface area contributed by atoms with Crippen molar-refractivity contribution in [3.8, 4) is 0 Å². The summed E-state index contributed by atoms with van der Waals surface area (Å²) >= 11 is 0. The topological polar surface area (TPSA) is 0 Å². The summed E-state index contributed by atoms with van der Waals surface area (Å²) < 4.78 is 0. The van der Waals surface area contributed by atoms with Crippen LogP contribution in [0, 0.1) is 0 Å². The van der Waals surface area contributed by atoms with Crippen LogP contribution in [0.1, 0.15) is 0 Å². The summed E-state index contributed by atoms with van der Waals surface area (Å²) in [6, 6.07) is 0. The van der Waals surface area contributed by atoms with E-state index in [2.05, 4.69) is 13.2 Å². The molecule has 0 saturated carbocycles. The van der Waals surface area contributed by atoms with Crippen molar-refractivity contribution >= 4 is 0 Å². The number of rotatable bonds is 3. The fourth-order valence-corrected chi connectivity index (χ4v) is 0.285. The highest BCUT2D eigenvalue weighted by molar-refractivity contribution is 5.12. The van der Waals surface area contributed by atoms with Gasteiger partial charge in [0, 0.05) is 0 Å². The van der Waals surface area contributed by atoms with Crippen molar-refractivity contribution in [2.24, 2.45) is 0 Å². The zero-order chi connectivity index (χ0) is 6.24. The fraction of sp³-hybridized carbons (Fsp3) is 0. The van der Waals surface area contributed by atoms with Crippen molar-refractivity contribution in [1.82, 2.24) is 0 Å². The molecule has 0 heteroatoms. The summed E-state index contributed by atoms with van der Waals surface area (Å²) in [7, 11) is 0. The minimum atomic E-state index is 1.73. The monoisotopic (exact) mass is 106 g/mol. The Labute approximate surface area is 50.5 Å². The largest absolute Gasteiger partial charge is 0.0991 e. The first-order valence-corrected chi connectivity index (χ1v) is 2.48. The van der Waals surface area contributed by atoms with Crippen LogP contribution in [0.5, 0.6) is 0 Å². The molecule has 0 atom stereocenters. The molecule has 0 aromatic carbocycles. The SMILES string of the molecule is C=C/C=C\C=C\C=C. The molecule has 0 aliphatic heterocycles. The highest BCUT2D eigenvalue weighted by Crippen LogP contribution is 1.76. The van der Waals surface area contributed by atoms with Crippen LogP contribution in [0.2, 0.25) is 0 Å². The molecule has 0 spiro atoms. The van der Waals surface area contributed by atoms with Gasteiger partial charge in [0.15, 0.2) is 0 Å². The summed E-state index contributed by atoms with van der Waals surface area (Å²) in [6.07, 6.45) is 11.0. The molecule has 0 heterocycles. The van der Waals surface area contributed by atoms with E-state index in [1.807, 2.05) is 24.3 Å². The van der Waals surface area contributed by atoms with Crippen molar-refractivity contribution in [3.63, 3.8) is 0 Å². The minimum Gasteiger partial charge on any atom is -0.0991 e. The molecule has 0 aliphatic carbocycles. The molecule has 0 saturated heterocycles. The van der Waals surface area contributed by atoms with E-state index in [4.69, 9.17) is 0 Å². The Morgan fingerprint density at radius 1 is 0.625 bits per heavy atom. The van der Waals surface area contributed by atoms with E-state index >= 15 is 0 Å². The molecule has 0 amide bonds. The average Bonchev–Trinajstić information content (AvgIpc) is 1.81. The van der Waals surface area contributed by atoms with E-state index in [0.29, 0.717) is 0 Å². The first kappa shape index (κ1) is 6.96. The first-order valence-electron chi connectivity index (χ1n) is 2.48. The van der Waals surface area contributed by atoms with Crippen molar-refractivity contribution in [2.75, 3.05) is 0 Å². The molecule has 0 aliphatic rings. The second kappa shape index (κ2) is 5.96. The third-order valence-electron chi connectivity index (χ3n) is 0.605. The molecule has 0 nitrogen and oxygen atoms in total. The van der Waals surface area contributed by atoms with Gasteiger partial charge in [-0.25, -0.2) is 0 Å². The standard InChI is InChI=1S/C8H10/c1-3-5-7-8-6-4-2/h3-8H,1-2H2/b7-5-,8-6+. The van der Waals surface area contributed by atoms with Crippen LogP contribution in [-0.2, 0) is 0 Å². The van der Waals surface area contributed by atoms with Gasteiger partial charge in [0.05, 0.1) is 0 Å². The Morgan fingerprint density at radius 3 is 1.25 bits per heavy atom. The van der Waals surface area contributed by atoms with Gasteiger partial charge < -0.3 is 0 Å². The molecule has 0 unspecified atom stereocenters. The van der Waals surface area contributed by atoms with Crippen LogP contribution >= 0.6 is 0 Å². The Balaban J connectivity index is 3.41. The summed E-state index contributed by atoms with van der Waals surface area (Å²) in [4.78, 5) is 0. The quantitative estimate of drug-likeness (QED) is 0.485. The van der Waals surface area contributed by atoms with Crippen molar-refractivity contribution in [1.29, 1.82) is 0 Å². The summed E-state index contributed by atoms with van der Waals surface area (Å²) in [6.45, 7) is 7.02. The molecule has 0 fully saturated rings. The van der Waals surface area contributed by atoms with Crippen LogP contribution < -0.4 is 0 Å². The van der Waals surface area contributed by atoms with Crippen LogP contribution in [0.4, 0.5) is 0 Å². The smallest absolute Gasteiger partial charge is 0.0623 e. The molecule has 42 valence electrons. The van der Waals surface area contributed by atoms with Crippen molar-refractivity contribution in [2.45, 2.75) is 0 Å². The average molecular weight is 106 g/mol. The zero-order valence-corrected chi connectivity index (χ0v) is 4.88. The lowest BCUT2D eigenvalue weighted by Gasteiger charge is -1.67. The lowest BCUT2D eigenvalue weighted by Crippen LogP contribution is -1.45. The highest BCUT2D eigenvalue weighted by Gasteiger charge is 1.54. The van der Waals surface area contributed by atoms with Gasteiger partial charge in [-0.3, -0.25) is 0 Å². The van der Waals surface area contributed by atoms with Gasteiger partial charge in [0.1, 0.15) is 0 Å². The van der Waals surface area contributed by atoms with Gasteiger partial charge in [-0.05, 0) is 0 Å². The van der Waals surface area contributed by atoms with E-state index in [1.54, 1.807) is 12.2 Å². The molecule has 0 aromatic heterocycles. The minimum absolute atomic E-state index is 1.73. The Hall–Kier alpha value is -1.04. The molecule has 0 aromatic rings. The van der Waals surface area contributed by atoms with E-state index in [-0.39, 0.29) is 0 Å². The maximum atomic E-state index is 3.51. The molecule has 0 bridgehead atoms. The number of allylic oxidation sites excluding steroid dienone is 6.